The van der Waals surface area contributed by atoms with Crippen LogP contribution in [0.5, 0.6) is 0 Å². The molecule has 0 saturated heterocycles. The van der Waals surface area contributed by atoms with Crippen molar-refractivity contribution in [3.63, 3.8) is 0 Å². The highest BCUT2D eigenvalue weighted by molar-refractivity contribution is 5.86. The van der Waals surface area contributed by atoms with E-state index in [4.69, 9.17) is 10.5 Å². The molecule has 2 aromatic rings. The molecule has 0 fully saturated rings. The molecule has 0 heterocycles. The van der Waals surface area contributed by atoms with Crippen LogP contribution >= 0.6 is 0 Å². The third kappa shape index (κ3) is 4.48. The summed E-state index contributed by atoms with van der Waals surface area (Å²) in [6.07, 6.45) is -11.4. The summed E-state index contributed by atoms with van der Waals surface area (Å²) in [5.74, 6) is 0. The molecule has 2 aromatic carbocycles. The Morgan fingerprint density at radius 1 is 0.583 bits per heavy atom. The van der Waals surface area contributed by atoms with Gasteiger partial charge >= 0.3 is 12.4 Å². The second kappa shape index (κ2) is 9.59. The Bertz CT molecular complexity index is 1720. The van der Waals surface area contributed by atoms with Crippen LogP contribution in [0.25, 0.3) is 11.1 Å². The van der Waals surface area contributed by atoms with Crippen molar-refractivity contribution in [2.24, 2.45) is 0 Å². The number of halogens is 6. The van der Waals surface area contributed by atoms with Gasteiger partial charge in [0.25, 0.3) is 0 Å². The van der Waals surface area contributed by atoms with Crippen molar-refractivity contribution < 1.29 is 26.3 Å². The van der Waals surface area contributed by atoms with Crippen LogP contribution in [0.3, 0.4) is 0 Å². The van der Waals surface area contributed by atoms with Crippen LogP contribution in [0, 0.1) is 79.3 Å². The topological polar surface area (TPSA) is 167 Å². The van der Waals surface area contributed by atoms with Gasteiger partial charge < -0.3 is 0 Å². The molecule has 13 heteroatoms. The Morgan fingerprint density at radius 2 is 1.08 bits per heavy atom. The van der Waals surface area contributed by atoms with Gasteiger partial charge in [-0.15, -0.1) is 0 Å². The quantitative estimate of drug-likeness (QED) is 0.552. The van der Waals surface area contributed by atoms with E-state index in [0.717, 1.165) is 18.2 Å². The summed E-state index contributed by atoms with van der Waals surface area (Å²) in [5, 5.41) is 64.7. The third-order valence-electron chi connectivity index (χ3n) is 4.67. The van der Waals surface area contributed by atoms with Gasteiger partial charge in [0, 0.05) is 16.0 Å². The molecule has 0 saturated carbocycles. The predicted molar refractivity (Wildman–Crippen MR) is 104 cm³/mol. The van der Waals surface area contributed by atoms with Crippen LogP contribution in [-0.2, 0) is 12.4 Å². The molecule has 0 aliphatic heterocycles. The maximum atomic E-state index is 13.7. The zero-order valence-corrected chi connectivity index (χ0v) is 17.1. The number of nitriles is 7. The minimum Gasteiger partial charge on any atom is -0.192 e. The molecular weight excluding hydrogens is 488 g/mol. The fourth-order valence-corrected chi connectivity index (χ4v) is 3.26. The van der Waals surface area contributed by atoms with Gasteiger partial charge in [0.15, 0.2) is 0 Å². The summed E-state index contributed by atoms with van der Waals surface area (Å²) >= 11 is 0. The smallest absolute Gasteiger partial charge is 0.192 e. The fraction of sp³-hybridized carbons (Fsp3) is 0.0870. The number of alkyl halides is 6. The van der Waals surface area contributed by atoms with Gasteiger partial charge in [-0.25, -0.2) is 0 Å². The molecule has 0 aliphatic carbocycles. The zero-order chi connectivity index (χ0) is 27.4. The number of hydrogen-bond acceptors (Lipinski definition) is 7. The van der Waals surface area contributed by atoms with Crippen molar-refractivity contribution in [2.45, 2.75) is 12.4 Å². The largest absolute Gasteiger partial charge is 0.418 e. The Labute approximate surface area is 197 Å². The van der Waals surface area contributed by atoms with Crippen molar-refractivity contribution in [1.82, 2.24) is 0 Å². The lowest BCUT2D eigenvalue weighted by Crippen LogP contribution is -2.24. The van der Waals surface area contributed by atoms with Gasteiger partial charge in [-0.1, -0.05) is 0 Å². The molecular formula is C23H3F6N7. The molecule has 0 unspecified atom stereocenters. The van der Waals surface area contributed by atoms with Crippen LogP contribution in [-0.4, -0.2) is 0 Å². The van der Waals surface area contributed by atoms with Gasteiger partial charge in [0.1, 0.15) is 29.8 Å². The summed E-state index contributed by atoms with van der Waals surface area (Å²) < 4.78 is 81.4. The Hall–Kier alpha value is -5.81. The minimum absolute atomic E-state index is 0.167. The second-order valence-corrected chi connectivity index (χ2v) is 6.57. The first kappa shape index (κ1) is 26.4. The first-order valence-corrected chi connectivity index (χ1v) is 8.93. The zero-order valence-electron chi connectivity index (χ0n) is 17.1. The first-order chi connectivity index (χ1) is 16.8. The van der Waals surface area contributed by atoms with E-state index in [-0.39, 0.29) is 11.3 Å². The number of nitrogens with zero attached hydrogens (tertiary/aromatic N) is 7. The average molecular weight is 491 g/mol. The van der Waals surface area contributed by atoms with E-state index in [0.29, 0.717) is 0 Å². The van der Waals surface area contributed by atoms with Crippen LogP contribution in [0.15, 0.2) is 18.2 Å². The van der Waals surface area contributed by atoms with Gasteiger partial charge in [-0.2, -0.15) is 63.2 Å². The van der Waals surface area contributed by atoms with Crippen LogP contribution in [0.4, 0.5) is 26.3 Å². The summed E-state index contributed by atoms with van der Waals surface area (Å²) in [5.41, 5.74) is -11.4. The summed E-state index contributed by atoms with van der Waals surface area (Å²) in [6.45, 7) is 0. The molecule has 0 aromatic heterocycles. The highest BCUT2D eigenvalue weighted by atomic mass is 19.4. The van der Waals surface area contributed by atoms with E-state index < -0.39 is 67.7 Å². The van der Waals surface area contributed by atoms with Crippen LogP contribution < -0.4 is 10.4 Å². The van der Waals surface area contributed by atoms with E-state index in [1.807, 2.05) is 0 Å². The number of hydrogen-bond donors (Lipinski definition) is 0. The SMILES string of the molecule is N#CC(C#N)=c1cc(C#N)/c(=C(\C#N)c2c(C#N)cc(C(F)(F)F)c(C(F)(F)F)c2C#N)cc1C#N. The lowest BCUT2D eigenvalue weighted by Gasteiger charge is -2.20. The molecule has 0 radical (unpaired) electrons. The fourth-order valence-electron chi connectivity index (χ4n) is 3.26. The molecule has 0 spiro atoms. The molecule has 0 bridgehead atoms. The predicted octanol–water partition coefficient (Wildman–Crippen LogP) is 3.13. The van der Waals surface area contributed by atoms with Crippen molar-refractivity contribution in [2.75, 3.05) is 0 Å². The monoisotopic (exact) mass is 491 g/mol. The summed E-state index contributed by atoms with van der Waals surface area (Å²) in [4.78, 5) is 0. The second-order valence-electron chi connectivity index (χ2n) is 6.57. The molecule has 0 N–H and O–H groups in total. The minimum atomic E-state index is -5.75. The average Bonchev–Trinajstić information content (AvgIpc) is 2.83. The van der Waals surface area contributed by atoms with Gasteiger partial charge in [0.05, 0.1) is 57.2 Å². The maximum Gasteiger partial charge on any atom is 0.418 e. The summed E-state index contributed by atoms with van der Waals surface area (Å²) in [6, 6.07) is 11.1. The van der Waals surface area contributed by atoms with Crippen molar-refractivity contribution >= 4 is 11.1 Å². The van der Waals surface area contributed by atoms with E-state index in [9.17, 15) is 52.7 Å². The number of rotatable bonds is 1. The van der Waals surface area contributed by atoms with Crippen LogP contribution in [0.1, 0.15) is 38.9 Å². The van der Waals surface area contributed by atoms with Crippen molar-refractivity contribution in [1.29, 1.82) is 36.8 Å². The van der Waals surface area contributed by atoms with Crippen molar-refractivity contribution in [3.05, 3.63) is 67.6 Å². The van der Waals surface area contributed by atoms with E-state index in [2.05, 4.69) is 0 Å². The lowest BCUT2D eigenvalue weighted by molar-refractivity contribution is -0.162. The highest BCUT2D eigenvalue weighted by Crippen LogP contribution is 2.44. The van der Waals surface area contributed by atoms with Gasteiger partial charge in [-0.05, 0) is 18.2 Å². The standard InChI is InChI=1S/C23H3F6N7/c24-22(25,26)19-3-13(6-32)20(18(10-36)21(19)23(27,28)29)17(9-35)16-2-11(4-30)15(1-12(16)5-31)14(7-33)8-34/h1-3H/b17-16+. The Balaban J connectivity index is 3.42. The Kier molecular flexibility index (Phi) is 7.04. The molecule has 7 nitrogen and oxygen atoms in total. The third-order valence-corrected chi connectivity index (χ3v) is 4.67. The molecule has 172 valence electrons. The summed E-state index contributed by atoms with van der Waals surface area (Å²) in [7, 11) is 0. The molecule has 2 rings (SSSR count). The van der Waals surface area contributed by atoms with Gasteiger partial charge in [-0.3, -0.25) is 0 Å². The van der Waals surface area contributed by atoms with Crippen molar-refractivity contribution in [3.8, 4) is 42.5 Å². The normalized spacial score (nSPS) is 11.3. The molecule has 0 amide bonds. The molecule has 36 heavy (non-hydrogen) atoms. The maximum absolute atomic E-state index is 13.7. The van der Waals surface area contributed by atoms with E-state index >= 15 is 0 Å². The van der Waals surface area contributed by atoms with E-state index in [1.165, 1.54) is 24.3 Å². The lowest BCUT2D eigenvalue weighted by atomic mass is 9.86. The molecule has 0 atom stereocenters. The highest BCUT2D eigenvalue weighted by Gasteiger charge is 2.47. The van der Waals surface area contributed by atoms with Gasteiger partial charge in [0.2, 0.25) is 0 Å². The van der Waals surface area contributed by atoms with Crippen LogP contribution in [0.2, 0.25) is 0 Å². The first-order valence-electron chi connectivity index (χ1n) is 8.93. The van der Waals surface area contributed by atoms with E-state index in [1.54, 1.807) is 12.1 Å². The number of benzene rings is 2. The Morgan fingerprint density at radius 3 is 1.47 bits per heavy atom. The molecule has 0 aliphatic rings.